The molecule has 0 aliphatic rings. The van der Waals surface area contributed by atoms with E-state index < -0.39 is 6.10 Å². The molecule has 1 N–H and O–H groups in total. The van der Waals surface area contributed by atoms with E-state index in [1.54, 1.807) is 0 Å². The van der Waals surface area contributed by atoms with E-state index in [4.69, 9.17) is 27.9 Å². The summed E-state index contributed by atoms with van der Waals surface area (Å²) in [5.41, 5.74) is 0. The second-order valence-electron chi connectivity index (χ2n) is 2.53. The minimum atomic E-state index is -0.552. The second kappa shape index (κ2) is 5.29. The fourth-order valence-corrected chi connectivity index (χ4v) is 1.01. The molecule has 0 spiro atoms. The average Bonchev–Trinajstić information content (AvgIpc) is 2.12. The van der Waals surface area contributed by atoms with Crippen LogP contribution in [0.15, 0.2) is 0 Å². The molecule has 0 saturated carbocycles. The first-order valence-electron chi connectivity index (χ1n) is 3.99. The van der Waals surface area contributed by atoms with E-state index in [9.17, 15) is 5.11 Å². The van der Waals surface area contributed by atoms with Gasteiger partial charge in [0, 0.05) is 0 Å². The molecule has 78 valence electrons. The number of rotatable bonds is 4. The lowest BCUT2D eigenvalue weighted by Gasteiger charge is -2.08. The van der Waals surface area contributed by atoms with Crippen molar-refractivity contribution in [1.82, 2.24) is 15.0 Å². The second-order valence-corrected chi connectivity index (χ2v) is 3.21. The van der Waals surface area contributed by atoms with Crippen molar-refractivity contribution in [2.75, 3.05) is 6.61 Å². The van der Waals surface area contributed by atoms with Crippen molar-refractivity contribution < 1.29 is 9.84 Å². The van der Waals surface area contributed by atoms with Crippen molar-refractivity contribution >= 4 is 23.2 Å². The van der Waals surface area contributed by atoms with Gasteiger partial charge in [-0.2, -0.15) is 15.0 Å². The van der Waals surface area contributed by atoms with Gasteiger partial charge >= 0.3 is 6.01 Å². The van der Waals surface area contributed by atoms with Crippen LogP contribution in [0, 0.1) is 0 Å². The van der Waals surface area contributed by atoms with Gasteiger partial charge in [0.15, 0.2) is 0 Å². The molecule has 0 aliphatic heterocycles. The Hall–Kier alpha value is -0.650. The van der Waals surface area contributed by atoms with E-state index in [2.05, 4.69) is 15.0 Å². The highest BCUT2D eigenvalue weighted by Crippen LogP contribution is 2.11. The van der Waals surface area contributed by atoms with Crippen molar-refractivity contribution in [2.24, 2.45) is 0 Å². The number of hydrogen-bond acceptors (Lipinski definition) is 5. The number of halogens is 2. The Bertz CT molecular complexity index is 291. The number of aliphatic hydroxyl groups is 1. The fraction of sp³-hybridized carbons (Fsp3) is 0.571. The summed E-state index contributed by atoms with van der Waals surface area (Å²) in [4.78, 5) is 10.9. The third-order valence-electron chi connectivity index (χ3n) is 1.44. The molecule has 5 nitrogen and oxygen atoms in total. The maximum absolute atomic E-state index is 9.20. The molecule has 14 heavy (non-hydrogen) atoms. The van der Waals surface area contributed by atoms with Gasteiger partial charge < -0.3 is 9.84 Å². The van der Waals surface area contributed by atoms with Gasteiger partial charge in [0.05, 0.1) is 6.10 Å². The van der Waals surface area contributed by atoms with Crippen LogP contribution < -0.4 is 4.74 Å². The van der Waals surface area contributed by atoms with E-state index in [0.29, 0.717) is 6.42 Å². The van der Waals surface area contributed by atoms with Crippen molar-refractivity contribution in [3.63, 3.8) is 0 Å². The quantitative estimate of drug-likeness (QED) is 0.856. The smallest absolute Gasteiger partial charge is 0.322 e. The van der Waals surface area contributed by atoms with Crippen LogP contribution in [0.4, 0.5) is 0 Å². The normalized spacial score (nSPS) is 12.6. The van der Waals surface area contributed by atoms with Crippen LogP contribution in [0.5, 0.6) is 6.01 Å². The van der Waals surface area contributed by atoms with Crippen LogP contribution in [0.3, 0.4) is 0 Å². The molecule has 0 aliphatic carbocycles. The summed E-state index contributed by atoms with van der Waals surface area (Å²) in [5.74, 6) is 0. The summed E-state index contributed by atoms with van der Waals surface area (Å²) in [6, 6.07) is 0.0162. The highest BCUT2D eigenvalue weighted by atomic mass is 35.5. The van der Waals surface area contributed by atoms with Gasteiger partial charge in [-0.25, -0.2) is 0 Å². The zero-order valence-electron chi connectivity index (χ0n) is 7.44. The Morgan fingerprint density at radius 3 is 2.36 bits per heavy atom. The predicted molar refractivity (Wildman–Crippen MR) is 51.6 cm³/mol. The molecular formula is C7H9Cl2N3O2. The lowest BCUT2D eigenvalue weighted by atomic mass is 10.3. The molecule has 1 unspecified atom stereocenters. The minimum Gasteiger partial charge on any atom is -0.461 e. The third kappa shape index (κ3) is 3.61. The molecule has 7 heteroatoms. The maximum Gasteiger partial charge on any atom is 0.322 e. The lowest BCUT2D eigenvalue weighted by Crippen LogP contribution is -2.17. The molecule has 1 rings (SSSR count). The molecule has 0 aromatic carbocycles. The van der Waals surface area contributed by atoms with Gasteiger partial charge in [-0.15, -0.1) is 0 Å². The maximum atomic E-state index is 9.20. The summed E-state index contributed by atoms with van der Waals surface area (Å²) in [6.07, 6.45) is 0.0383. The van der Waals surface area contributed by atoms with Crippen molar-refractivity contribution in [1.29, 1.82) is 0 Å². The van der Waals surface area contributed by atoms with Crippen LogP contribution in [0.1, 0.15) is 13.3 Å². The van der Waals surface area contributed by atoms with Crippen LogP contribution in [-0.2, 0) is 0 Å². The van der Waals surface area contributed by atoms with Gasteiger partial charge in [0.1, 0.15) is 6.61 Å². The fourth-order valence-electron chi connectivity index (χ4n) is 0.662. The highest BCUT2D eigenvalue weighted by Gasteiger charge is 2.06. The van der Waals surface area contributed by atoms with E-state index >= 15 is 0 Å². The standard InChI is InChI=1S/C7H9Cl2N3O2/c1-2-4(13)3-14-7-11-5(8)10-6(9)12-7/h4,13H,2-3H2,1H3. The Labute approximate surface area is 91.1 Å². The van der Waals surface area contributed by atoms with Crippen LogP contribution >= 0.6 is 23.2 Å². The van der Waals surface area contributed by atoms with E-state index in [0.717, 1.165) is 0 Å². The van der Waals surface area contributed by atoms with Crippen LogP contribution in [0.2, 0.25) is 10.6 Å². The Morgan fingerprint density at radius 2 is 1.86 bits per heavy atom. The molecule has 1 atom stereocenters. The summed E-state index contributed by atoms with van der Waals surface area (Å²) in [6.45, 7) is 1.94. The molecule has 1 aromatic rings. The van der Waals surface area contributed by atoms with E-state index in [1.165, 1.54) is 0 Å². The number of hydrogen-bond donors (Lipinski definition) is 1. The zero-order valence-corrected chi connectivity index (χ0v) is 8.96. The molecule has 0 saturated heterocycles. The van der Waals surface area contributed by atoms with Gasteiger partial charge in [-0.05, 0) is 29.6 Å². The molecular weight excluding hydrogens is 229 g/mol. The largest absolute Gasteiger partial charge is 0.461 e. The molecule has 0 bridgehead atoms. The van der Waals surface area contributed by atoms with Crippen molar-refractivity contribution in [3.05, 3.63) is 10.6 Å². The minimum absolute atomic E-state index is 0.0162. The number of aromatic nitrogens is 3. The summed E-state index contributed by atoms with van der Waals surface area (Å²) in [7, 11) is 0. The van der Waals surface area contributed by atoms with Crippen LogP contribution in [0.25, 0.3) is 0 Å². The van der Waals surface area contributed by atoms with Crippen molar-refractivity contribution in [2.45, 2.75) is 19.4 Å². The lowest BCUT2D eigenvalue weighted by molar-refractivity contribution is 0.0987. The summed E-state index contributed by atoms with van der Waals surface area (Å²) in [5, 5.41) is 9.12. The number of ether oxygens (including phenoxy) is 1. The first-order chi connectivity index (χ1) is 6.61. The average molecular weight is 238 g/mol. The van der Waals surface area contributed by atoms with Gasteiger partial charge in [-0.1, -0.05) is 6.92 Å². The van der Waals surface area contributed by atoms with Crippen molar-refractivity contribution in [3.8, 4) is 6.01 Å². The predicted octanol–water partition coefficient (Wildman–Crippen LogP) is 1.33. The van der Waals surface area contributed by atoms with Gasteiger partial charge in [-0.3, -0.25) is 0 Å². The molecule has 1 heterocycles. The zero-order chi connectivity index (χ0) is 10.6. The molecule has 0 amide bonds. The monoisotopic (exact) mass is 237 g/mol. The van der Waals surface area contributed by atoms with E-state index in [-0.39, 0.29) is 23.2 Å². The summed E-state index contributed by atoms with van der Waals surface area (Å²) >= 11 is 11.0. The first kappa shape index (κ1) is 11.4. The Balaban J connectivity index is 2.58. The number of aliphatic hydroxyl groups excluding tert-OH is 1. The van der Waals surface area contributed by atoms with Gasteiger partial charge in [0.25, 0.3) is 0 Å². The van der Waals surface area contributed by atoms with Crippen LogP contribution in [-0.4, -0.2) is 32.8 Å². The third-order valence-corrected chi connectivity index (χ3v) is 1.77. The topological polar surface area (TPSA) is 68.1 Å². The van der Waals surface area contributed by atoms with E-state index in [1.807, 2.05) is 6.92 Å². The Kier molecular flexibility index (Phi) is 4.31. The number of nitrogens with zero attached hydrogens (tertiary/aromatic N) is 3. The SMILES string of the molecule is CCC(O)COc1nc(Cl)nc(Cl)n1. The van der Waals surface area contributed by atoms with Gasteiger partial charge in [0.2, 0.25) is 10.6 Å². The summed E-state index contributed by atoms with van der Waals surface area (Å²) < 4.78 is 5.04. The molecule has 0 radical (unpaired) electrons. The highest BCUT2D eigenvalue weighted by molar-refractivity contribution is 6.31. The first-order valence-corrected chi connectivity index (χ1v) is 4.75. The molecule has 1 aromatic heterocycles. The molecule has 0 fully saturated rings. The Morgan fingerprint density at radius 1 is 1.29 bits per heavy atom.